The minimum atomic E-state index is -0.521. The largest absolute Gasteiger partial charge is 0.493 e. The van der Waals surface area contributed by atoms with E-state index >= 15 is 0 Å². The molecule has 2 aromatic carbocycles. The number of nitrogens with zero attached hydrogens (tertiary/aromatic N) is 1. The van der Waals surface area contributed by atoms with Crippen LogP contribution in [-0.4, -0.2) is 44.8 Å². The quantitative estimate of drug-likeness (QED) is 0.690. The van der Waals surface area contributed by atoms with E-state index in [2.05, 4.69) is 28.1 Å². The van der Waals surface area contributed by atoms with Crippen LogP contribution in [0.1, 0.15) is 29.5 Å². The maximum absolute atomic E-state index is 13.9. The van der Waals surface area contributed by atoms with Crippen LogP contribution in [0.4, 0.5) is 0 Å². The average Bonchev–Trinajstić information content (AvgIpc) is 2.78. The number of ether oxygens (including phenoxy) is 3. The van der Waals surface area contributed by atoms with Gasteiger partial charge < -0.3 is 19.1 Å². The second-order valence-electron chi connectivity index (χ2n) is 7.65. The standard InChI is InChI=1S/C23H26BrNO4/c1-27-20-13-16-7-10-25(15-17(16)14-21(20)28-2)22(26)23(8-11-29-12-9-23)18-3-5-19(24)6-4-18/h3-6,13-14H,7-12,15H2,1-2H3. The number of rotatable bonds is 4. The van der Waals surface area contributed by atoms with Gasteiger partial charge in [-0.15, -0.1) is 0 Å². The first-order valence-electron chi connectivity index (χ1n) is 9.94. The van der Waals surface area contributed by atoms with E-state index in [0.29, 0.717) is 44.9 Å². The molecule has 4 rings (SSSR count). The zero-order valence-corrected chi connectivity index (χ0v) is 18.5. The number of halogens is 1. The highest BCUT2D eigenvalue weighted by atomic mass is 79.9. The Kier molecular flexibility index (Phi) is 5.83. The highest BCUT2D eigenvalue weighted by Gasteiger charge is 2.44. The molecule has 0 radical (unpaired) electrons. The van der Waals surface area contributed by atoms with Gasteiger partial charge in [0, 0.05) is 30.8 Å². The van der Waals surface area contributed by atoms with E-state index in [4.69, 9.17) is 14.2 Å². The molecule has 0 bridgehead atoms. The molecule has 2 aromatic rings. The maximum atomic E-state index is 13.9. The molecule has 5 nitrogen and oxygen atoms in total. The summed E-state index contributed by atoms with van der Waals surface area (Å²) in [4.78, 5) is 15.9. The fourth-order valence-electron chi connectivity index (χ4n) is 4.47. The summed E-state index contributed by atoms with van der Waals surface area (Å²) < 4.78 is 17.5. The molecule has 1 amide bonds. The van der Waals surface area contributed by atoms with Crippen molar-refractivity contribution in [2.45, 2.75) is 31.2 Å². The molecule has 2 aliphatic heterocycles. The number of benzene rings is 2. The number of hydrogen-bond donors (Lipinski definition) is 0. The van der Waals surface area contributed by atoms with Gasteiger partial charge in [0.15, 0.2) is 11.5 Å². The predicted molar refractivity (Wildman–Crippen MR) is 115 cm³/mol. The molecule has 0 aromatic heterocycles. The number of methoxy groups -OCH3 is 2. The molecule has 6 heteroatoms. The van der Waals surface area contributed by atoms with E-state index in [1.165, 1.54) is 5.56 Å². The van der Waals surface area contributed by atoms with Crippen LogP contribution in [0.5, 0.6) is 11.5 Å². The summed E-state index contributed by atoms with van der Waals surface area (Å²) in [6, 6.07) is 12.2. The second-order valence-corrected chi connectivity index (χ2v) is 8.57. The third-order valence-corrected chi connectivity index (χ3v) is 6.69. The minimum Gasteiger partial charge on any atom is -0.493 e. The first-order chi connectivity index (χ1) is 14.1. The first kappa shape index (κ1) is 20.2. The van der Waals surface area contributed by atoms with Crippen molar-refractivity contribution in [2.75, 3.05) is 34.0 Å². The number of hydrogen-bond acceptors (Lipinski definition) is 4. The van der Waals surface area contributed by atoms with Gasteiger partial charge in [0.05, 0.1) is 19.6 Å². The zero-order valence-electron chi connectivity index (χ0n) is 16.9. The summed E-state index contributed by atoms with van der Waals surface area (Å²) >= 11 is 3.50. The normalized spacial score (nSPS) is 18.1. The van der Waals surface area contributed by atoms with Gasteiger partial charge in [-0.2, -0.15) is 0 Å². The lowest BCUT2D eigenvalue weighted by Crippen LogP contribution is -2.51. The molecule has 0 aliphatic carbocycles. The minimum absolute atomic E-state index is 0.198. The summed E-state index contributed by atoms with van der Waals surface area (Å²) in [6.07, 6.45) is 2.24. The van der Waals surface area contributed by atoms with Crippen molar-refractivity contribution in [3.8, 4) is 11.5 Å². The second kappa shape index (κ2) is 8.36. The molecule has 1 fully saturated rings. The molecule has 0 saturated carbocycles. The van der Waals surface area contributed by atoms with Gasteiger partial charge >= 0.3 is 0 Å². The van der Waals surface area contributed by atoms with Crippen LogP contribution in [0.25, 0.3) is 0 Å². The van der Waals surface area contributed by atoms with E-state index in [1.54, 1.807) is 14.2 Å². The average molecular weight is 460 g/mol. The Bertz CT molecular complexity index is 890. The Hall–Kier alpha value is -2.05. The number of carbonyl (C=O) groups is 1. The lowest BCUT2D eigenvalue weighted by molar-refractivity contribution is -0.142. The van der Waals surface area contributed by atoms with Gasteiger partial charge in [-0.1, -0.05) is 28.1 Å². The van der Waals surface area contributed by atoms with Gasteiger partial charge in [0.2, 0.25) is 5.91 Å². The molecule has 2 aliphatic rings. The lowest BCUT2D eigenvalue weighted by Gasteiger charge is -2.41. The van der Waals surface area contributed by atoms with E-state index in [1.807, 2.05) is 29.2 Å². The van der Waals surface area contributed by atoms with Crippen molar-refractivity contribution in [1.82, 2.24) is 4.90 Å². The lowest BCUT2D eigenvalue weighted by atomic mass is 9.72. The molecular weight excluding hydrogens is 434 g/mol. The number of amides is 1. The summed E-state index contributed by atoms with van der Waals surface area (Å²) in [5, 5.41) is 0. The molecule has 0 N–H and O–H groups in total. The molecule has 154 valence electrons. The number of fused-ring (bicyclic) bond motifs is 1. The molecule has 2 heterocycles. The Morgan fingerprint density at radius 2 is 1.66 bits per heavy atom. The van der Waals surface area contributed by atoms with Crippen LogP contribution in [0.2, 0.25) is 0 Å². The van der Waals surface area contributed by atoms with E-state index in [0.717, 1.165) is 27.8 Å². The molecule has 0 atom stereocenters. The monoisotopic (exact) mass is 459 g/mol. The summed E-state index contributed by atoms with van der Waals surface area (Å²) in [5.74, 6) is 1.64. The van der Waals surface area contributed by atoms with Crippen LogP contribution < -0.4 is 9.47 Å². The van der Waals surface area contributed by atoms with Gasteiger partial charge in [-0.25, -0.2) is 0 Å². The molecule has 0 spiro atoms. The zero-order chi connectivity index (χ0) is 20.4. The van der Waals surface area contributed by atoms with Crippen molar-refractivity contribution >= 4 is 21.8 Å². The third kappa shape index (κ3) is 3.76. The summed E-state index contributed by atoms with van der Waals surface area (Å²) in [5.41, 5.74) is 2.90. The van der Waals surface area contributed by atoms with Crippen LogP contribution >= 0.6 is 15.9 Å². The molecule has 1 saturated heterocycles. The fraction of sp³-hybridized carbons (Fsp3) is 0.435. The van der Waals surface area contributed by atoms with Crippen molar-refractivity contribution in [3.05, 3.63) is 57.6 Å². The maximum Gasteiger partial charge on any atom is 0.233 e. The van der Waals surface area contributed by atoms with Gasteiger partial charge in [0.1, 0.15) is 0 Å². The van der Waals surface area contributed by atoms with Gasteiger partial charge in [0.25, 0.3) is 0 Å². The van der Waals surface area contributed by atoms with Crippen LogP contribution in [0, 0.1) is 0 Å². The van der Waals surface area contributed by atoms with Crippen molar-refractivity contribution in [2.24, 2.45) is 0 Å². The molecular formula is C23H26BrNO4. The Labute approximate surface area is 180 Å². The highest BCUT2D eigenvalue weighted by molar-refractivity contribution is 9.10. The van der Waals surface area contributed by atoms with Crippen molar-refractivity contribution < 1.29 is 19.0 Å². The summed E-state index contributed by atoms with van der Waals surface area (Å²) in [6.45, 7) is 2.52. The first-order valence-corrected chi connectivity index (χ1v) is 10.7. The predicted octanol–water partition coefficient (Wildman–Crippen LogP) is 4.10. The number of carbonyl (C=O) groups excluding carboxylic acids is 1. The molecule has 29 heavy (non-hydrogen) atoms. The fourth-order valence-corrected chi connectivity index (χ4v) is 4.74. The van der Waals surface area contributed by atoms with E-state index < -0.39 is 5.41 Å². The van der Waals surface area contributed by atoms with E-state index in [9.17, 15) is 4.79 Å². The van der Waals surface area contributed by atoms with Gasteiger partial charge in [-0.05, 0) is 60.2 Å². The highest BCUT2D eigenvalue weighted by Crippen LogP contribution is 2.39. The van der Waals surface area contributed by atoms with Crippen LogP contribution in [0.3, 0.4) is 0 Å². The van der Waals surface area contributed by atoms with Gasteiger partial charge in [-0.3, -0.25) is 4.79 Å². The summed E-state index contributed by atoms with van der Waals surface area (Å²) in [7, 11) is 3.29. The molecule has 0 unspecified atom stereocenters. The third-order valence-electron chi connectivity index (χ3n) is 6.16. The Morgan fingerprint density at radius 1 is 1.03 bits per heavy atom. The Balaban J connectivity index is 1.65. The van der Waals surface area contributed by atoms with Crippen LogP contribution in [-0.2, 0) is 27.9 Å². The van der Waals surface area contributed by atoms with Crippen molar-refractivity contribution in [3.63, 3.8) is 0 Å². The van der Waals surface area contributed by atoms with Crippen LogP contribution in [0.15, 0.2) is 40.9 Å². The smallest absolute Gasteiger partial charge is 0.233 e. The Morgan fingerprint density at radius 3 is 2.28 bits per heavy atom. The van der Waals surface area contributed by atoms with Crippen molar-refractivity contribution in [1.29, 1.82) is 0 Å². The van der Waals surface area contributed by atoms with E-state index in [-0.39, 0.29) is 5.91 Å². The SMILES string of the molecule is COc1cc2c(cc1OC)CN(C(=O)C1(c3ccc(Br)cc3)CCOCC1)CC2. The topological polar surface area (TPSA) is 48.0 Å².